The third kappa shape index (κ3) is 2.75. The molecule has 1 aliphatic heterocycles. The summed E-state index contributed by atoms with van der Waals surface area (Å²) in [6, 6.07) is 10.1. The van der Waals surface area contributed by atoms with Gasteiger partial charge in [0, 0.05) is 36.3 Å². The second-order valence-corrected chi connectivity index (χ2v) is 6.10. The fourth-order valence-corrected chi connectivity index (χ4v) is 3.35. The normalized spacial score (nSPS) is 20.0. The molecule has 2 aromatic rings. The van der Waals surface area contributed by atoms with Crippen molar-refractivity contribution in [1.82, 2.24) is 14.7 Å². The number of likely N-dealkylation sites (tertiary alicyclic amines) is 1. The molecule has 1 aromatic carbocycles. The van der Waals surface area contributed by atoms with E-state index in [0.717, 1.165) is 23.1 Å². The molecule has 2 unspecified atom stereocenters. The standard InChI is InChI=1S/C16H18BrN3O/c1-12(19-11-13(10-17)9-16(19)21)14-5-2-3-6-15(14)20-8-4-7-18-20/h2-8,12-13H,9-11H2,1H3. The van der Waals surface area contributed by atoms with Gasteiger partial charge in [0.15, 0.2) is 0 Å². The highest BCUT2D eigenvalue weighted by Crippen LogP contribution is 2.31. The monoisotopic (exact) mass is 347 g/mol. The Hall–Kier alpha value is -1.62. The Bertz CT molecular complexity index is 626. The van der Waals surface area contributed by atoms with Crippen molar-refractivity contribution in [2.75, 3.05) is 11.9 Å². The molecule has 0 N–H and O–H groups in total. The van der Waals surface area contributed by atoms with Gasteiger partial charge in [-0.1, -0.05) is 34.1 Å². The Balaban J connectivity index is 1.92. The zero-order chi connectivity index (χ0) is 14.8. The van der Waals surface area contributed by atoms with Crippen LogP contribution in [0.4, 0.5) is 0 Å². The van der Waals surface area contributed by atoms with E-state index in [-0.39, 0.29) is 11.9 Å². The number of halogens is 1. The van der Waals surface area contributed by atoms with Gasteiger partial charge in [-0.25, -0.2) is 4.68 Å². The van der Waals surface area contributed by atoms with Crippen molar-refractivity contribution in [2.45, 2.75) is 19.4 Å². The molecule has 2 atom stereocenters. The minimum Gasteiger partial charge on any atom is -0.336 e. The maximum absolute atomic E-state index is 12.2. The van der Waals surface area contributed by atoms with Crippen LogP contribution in [0, 0.1) is 5.92 Å². The number of alkyl halides is 1. The molecule has 5 heteroatoms. The molecule has 1 fully saturated rings. The number of hydrogen-bond acceptors (Lipinski definition) is 2. The summed E-state index contributed by atoms with van der Waals surface area (Å²) in [5, 5.41) is 5.19. The predicted octanol–water partition coefficient (Wildman–Crippen LogP) is 3.18. The largest absolute Gasteiger partial charge is 0.336 e. The van der Waals surface area contributed by atoms with Crippen LogP contribution < -0.4 is 0 Å². The van der Waals surface area contributed by atoms with Crippen molar-refractivity contribution in [2.24, 2.45) is 5.92 Å². The molecule has 1 amide bonds. The minimum absolute atomic E-state index is 0.0574. The summed E-state index contributed by atoms with van der Waals surface area (Å²) in [5.74, 6) is 0.652. The summed E-state index contributed by atoms with van der Waals surface area (Å²) in [7, 11) is 0. The van der Waals surface area contributed by atoms with Crippen molar-refractivity contribution in [3.05, 3.63) is 48.3 Å². The van der Waals surface area contributed by atoms with Crippen molar-refractivity contribution < 1.29 is 4.79 Å². The predicted molar refractivity (Wildman–Crippen MR) is 85.6 cm³/mol. The summed E-state index contributed by atoms with van der Waals surface area (Å²) in [5.41, 5.74) is 2.16. The Morgan fingerprint density at radius 1 is 1.38 bits per heavy atom. The first-order valence-electron chi connectivity index (χ1n) is 7.15. The molecule has 1 aromatic heterocycles. The first kappa shape index (κ1) is 14.3. The second kappa shape index (κ2) is 6.02. The third-order valence-corrected chi connectivity index (χ3v) is 4.98. The zero-order valence-electron chi connectivity index (χ0n) is 11.9. The van der Waals surface area contributed by atoms with Gasteiger partial charge in [-0.05, 0) is 25.0 Å². The van der Waals surface area contributed by atoms with E-state index in [1.165, 1.54) is 0 Å². The molecule has 0 aliphatic carbocycles. The van der Waals surface area contributed by atoms with Gasteiger partial charge in [-0.3, -0.25) is 4.79 Å². The average Bonchev–Trinajstić information content (AvgIpc) is 3.16. The lowest BCUT2D eigenvalue weighted by Gasteiger charge is -2.27. The molecule has 1 saturated heterocycles. The van der Waals surface area contributed by atoms with Gasteiger partial charge < -0.3 is 4.90 Å². The first-order valence-corrected chi connectivity index (χ1v) is 8.27. The van der Waals surface area contributed by atoms with E-state index in [1.54, 1.807) is 6.20 Å². The number of benzene rings is 1. The first-order chi connectivity index (χ1) is 10.2. The lowest BCUT2D eigenvalue weighted by Crippen LogP contribution is -2.29. The van der Waals surface area contributed by atoms with Gasteiger partial charge >= 0.3 is 0 Å². The van der Waals surface area contributed by atoms with E-state index in [0.29, 0.717) is 12.3 Å². The molecule has 0 radical (unpaired) electrons. The van der Waals surface area contributed by atoms with Crippen molar-refractivity contribution in [1.29, 1.82) is 0 Å². The molecule has 110 valence electrons. The molecular weight excluding hydrogens is 330 g/mol. The highest BCUT2D eigenvalue weighted by atomic mass is 79.9. The highest BCUT2D eigenvalue weighted by Gasteiger charge is 2.33. The van der Waals surface area contributed by atoms with Crippen LogP contribution in [0.3, 0.4) is 0 Å². The number of rotatable bonds is 4. The van der Waals surface area contributed by atoms with Crippen LogP contribution in [0.25, 0.3) is 5.69 Å². The molecule has 1 aliphatic rings. The van der Waals surface area contributed by atoms with E-state index in [9.17, 15) is 4.79 Å². The van der Waals surface area contributed by atoms with E-state index >= 15 is 0 Å². The average molecular weight is 348 g/mol. The summed E-state index contributed by atoms with van der Waals surface area (Å²) in [6.07, 6.45) is 4.33. The Morgan fingerprint density at radius 2 is 2.19 bits per heavy atom. The Kier molecular flexibility index (Phi) is 4.10. The fourth-order valence-electron chi connectivity index (χ4n) is 2.91. The number of carbonyl (C=O) groups excluding carboxylic acids is 1. The molecule has 3 rings (SSSR count). The van der Waals surface area contributed by atoms with E-state index in [1.807, 2.05) is 40.0 Å². The van der Waals surface area contributed by atoms with Crippen molar-refractivity contribution >= 4 is 21.8 Å². The highest BCUT2D eigenvalue weighted by molar-refractivity contribution is 9.09. The molecule has 4 nitrogen and oxygen atoms in total. The number of carbonyl (C=O) groups is 1. The second-order valence-electron chi connectivity index (χ2n) is 5.46. The van der Waals surface area contributed by atoms with Crippen LogP contribution in [0.1, 0.15) is 24.9 Å². The van der Waals surface area contributed by atoms with Crippen molar-refractivity contribution in [3.63, 3.8) is 0 Å². The fraction of sp³-hybridized carbons (Fsp3) is 0.375. The molecule has 0 bridgehead atoms. The lowest BCUT2D eigenvalue weighted by atomic mass is 10.0. The van der Waals surface area contributed by atoms with E-state index in [2.05, 4.69) is 34.0 Å². The van der Waals surface area contributed by atoms with E-state index in [4.69, 9.17) is 0 Å². The quantitative estimate of drug-likeness (QED) is 0.796. The van der Waals surface area contributed by atoms with Gasteiger partial charge in [0.2, 0.25) is 5.91 Å². The number of amides is 1. The summed E-state index contributed by atoms with van der Waals surface area (Å²) >= 11 is 3.49. The summed E-state index contributed by atoms with van der Waals surface area (Å²) in [6.45, 7) is 2.91. The van der Waals surface area contributed by atoms with Gasteiger partial charge in [0.05, 0.1) is 11.7 Å². The molecular formula is C16H18BrN3O. The third-order valence-electron chi connectivity index (χ3n) is 4.06. The number of nitrogens with zero attached hydrogens (tertiary/aromatic N) is 3. The molecule has 2 heterocycles. The lowest BCUT2D eigenvalue weighted by molar-refractivity contribution is -0.129. The van der Waals surface area contributed by atoms with Gasteiger partial charge in [-0.15, -0.1) is 0 Å². The maximum atomic E-state index is 12.2. The molecule has 21 heavy (non-hydrogen) atoms. The van der Waals surface area contributed by atoms with Crippen LogP contribution >= 0.6 is 15.9 Å². The topological polar surface area (TPSA) is 38.1 Å². The number of aromatic nitrogens is 2. The van der Waals surface area contributed by atoms with Gasteiger partial charge in [0.25, 0.3) is 0 Å². The zero-order valence-corrected chi connectivity index (χ0v) is 13.5. The Labute approximate surface area is 132 Å². The SMILES string of the molecule is CC(c1ccccc1-n1cccn1)N1CC(CBr)CC1=O. The smallest absolute Gasteiger partial charge is 0.223 e. The Morgan fingerprint density at radius 3 is 2.86 bits per heavy atom. The summed E-state index contributed by atoms with van der Waals surface area (Å²) in [4.78, 5) is 14.2. The van der Waals surface area contributed by atoms with Crippen LogP contribution in [0.2, 0.25) is 0 Å². The minimum atomic E-state index is 0.0574. The van der Waals surface area contributed by atoms with Gasteiger partial charge in [-0.2, -0.15) is 5.10 Å². The van der Waals surface area contributed by atoms with Crippen LogP contribution in [0.15, 0.2) is 42.7 Å². The summed E-state index contributed by atoms with van der Waals surface area (Å²) < 4.78 is 1.86. The van der Waals surface area contributed by atoms with Gasteiger partial charge in [0.1, 0.15) is 0 Å². The number of para-hydroxylation sites is 1. The molecule has 0 saturated carbocycles. The van der Waals surface area contributed by atoms with Crippen LogP contribution in [-0.2, 0) is 4.79 Å². The molecule has 0 spiro atoms. The van der Waals surface area contributed by atoms with E-state index < -0.39 is 0 Å². The number of hydrogen-bond donors (Lipinski definition) is 0. The van der Waals surface area contributed by atoms with Crippen molar-refractivity contribution in [3.8, 4) is 5.69 Å². The van der Waals surface area contributed by atoms with Crippen LogP contribution in [0.5, 0.6) is 0 Å². The van der Waals surface area contributed by atoms with Crippen LogP contribution in [-0.4, -0.2) is 32.5 Å². The maximum Gasteiger partial charge on any atom is 0.223 e.